The molecule has 0 aliphatic rings. The maximum absolute atomic E-state index is 6.00. The van der Waals surface area contributed by atoms with Gasteiger partial charge in [0, 0.05) is 12.3 Å². The van der Waals surface area contributed by atoms with Crippen molar-refractivity contribution >= 4 is 11.8 Å². The van der Waals surface area contributed by atoms with E-state index in [0.29, 0.717) is 13.2 Å². The van der Waals surface area contributed by atoms with Gasteiger partial charge < -0.3 is 14.8 Å². The summed E-state index contributed by atoms with van der Waals surface area (Å²) in [5.41, 5.74) is 3.26. The summed E-state index contributed by atoms with van der Waals surface area (Å²) in [7, 11) is 0. The van der Waals surface area contributed by atoms with E-state index in [9.17, 15) is 0 Å². The van der Waals surface area contributed by atoms with Crippen LogP contribution in [0.5, 0.6) is 11.5 Å². The predicted molar refractivity (Wildman–Crippen MR) is 135 cm³/mol. The van der Waals surface area contributed by atoms with Crippen LogP contribution in [0.25, 0.3) is 5.69 Å². The lowest BCUT2D eigenvalue weighted by Gasteiger charge is -2.14. The molecule has 0 amide bonds. The molecule has 0 saturated heterocycles. The number of aromatic nitrogens is 4. The van der Waals surface area contributed by atoms with Gasteiger partial charge in [-0.25, -0.2) is 0 Å². The average Bonchev–Trinajstić information content (AvgIpc) is 3.35. The monoisotopic (exact) mass is 475 g/mol. The zero-order chi connectivity index (χ0) is 23.4. The topological polar surface area (TPSA) is 74.1 Å². The summed E-state index contributed by atoms with van der Waals surface area (Å²) in [6.45, 7) is 4.77. The third kappa shape index (κ3) is 6.82. The lowest BCUT2D eigenvalue weighted by atomic mass is 10.2. The lowest BCUT2D eigenvalue weighted by Crippen LogP contribution is -2.15. The minimum absolute atomic E-state index is 0.518. The highest BCUT2D eigenvalue weighted by Gasteiger charge is 2.09. The summed E-state index contributed by atoms with van der Waals surface area (Å²) in [5, 5.41) is 16.4. The van der Waals surface area contributed by atoms with Crippen molar-refractivity contribution in [3.05, 3.63) is 90.0 Å². The second-order valence-electron chi connectivity index (χ2n) is 7.58. The number of hydrogen-bond acceptors (Lipinski definition) is 7. The third-order valence-electron chi connectivity index (χ3n) is 5.04. The highest BCUT2D eigenvalue weighted by atomic mass is 32.2. The first-order chi connectivity index (χ1) is 16.8. The van der Waals surface area contributed by atoms with Crippen LogP contribution in [-0.2, 0) is 13.2 Å². The maximum atomic E-state index is 6.00. The summed E-state index contributed by atoms with van der Waals surface area (Å²) >= 11 is 1.66. The molecule has 34 heavy (non-hydrogen) atoms. The molecule has 1 heterocycles. The Bertz CT molecular complexity index is 1140. The van der Waals surface area contributed by atoms with Crippen LogP contribution in [0.1, 0.15) is 24.5 Å². The molecule has 4 aromatic rings. The van der Waals surface area contributed by atoms with Crippen molar-refractivity contribution in [2.24, 2.45) is 0 Å². The number of thioether (sulfide) groups is 1. The molecular weight excluding hydrogens is 446 g/mol. The fraction of sp³-hybridized carbons (Fsp3) is 0.269. The number of hydrogen-bond donors (Lipinski definition) is 1. The van der Waals surface area contributed by atoms with Crippen LogP contribution in [0.4, 0.5) is 0 Å². The van der Waals surface area contributed by atoms with E-state index in [1.54, 1.807) is 16.4 Å². The second-order valence-corrected chi connectivity index (χ2v) is 8.64. The first-order valence-corrected chi connectivity index (χ1v) is 12.4. The fourth-order valence-electron chi connectivity index (χ4n) is 3.38. The normalized spacial score (nSPS) is 10.9. The average molecular weight is 476 g/mol. The summed E-state index contributed by atoms with van der Waals surface area (Å²) in [4.78, 5) is 0. The number of rotatable bonds is 13. The van der Waals surface area contributed by atoms with Gasteiger partial charge in [-0.15, -0.1) is 5.10 Å². The lowest BCUT2D eigenvalue weighted by molar-refractivity contribution is 0.269. The molecule has 3 aromatic carbocycles. The van der Waals surface area contributed by atoms with Crippen molar-refractivity contribution < 1.29 is 9.47 Å². The SMILES string of the molecule is CCOc1cc(CNCCCSc2nnnn2-c2ccccc2)ccc1OCc1ccccc1. The van der Waals surface area contributed by atoms with Gasteiger partial charge in [-0.3, -0.25) is 0 Å². The molecule has 1 aromatic heterocycles. The minimum Gasteiger partial charge on any atom is -0.490 e. The van der Waals surface area contributed by atoms with E-state index in [4.69, 9.17) is 9.47 Å². The van der Waals surface area contributed by atoms with Gasteiger partial charge in [0.25, 0.3) is 0 Å². The summed E-state index contributed by atoms with van der Waals surface area (Å²) in [5.74, 6) is 2.47. The predicted octanol–water partition coefficient (Wildman–Crippen LogP) is 4.91. The Balaban J connectivity index is 1.22. The van der Waals surface area contributed by atoms with E-state index < -0.39 is 0 Å². The van der Waals surface area contributed by atoms with E-state index in [0.717, 1.165) is 58.7 Å². The van der Waals surface area contributed by atoms with E-state index in [1.165, 1.54) is 0 Å². The molecule has 7 nitrogen and oxygen atoms in total. The van der Waals surface area contributed by atoms with Crippen LogP contribution < -0.4 is 14.8 Å². The van der Waals surface area contributed by atoms with Crippen molar-refractivity contribution in [3.8, 4) is 17.2 Å². The summed E-state index contributed by atoms with van der Waals surface area (Å²) in [6, 6.07) is 26.2. The summed E-state index contributed by atoms with van der Waals surface area (Å²) in [6.07, 6.45) is 1.00. The van der Waals surface area contributed by atoms with E-state index >= 15 is 0 Å². The van der Waals surface area contributed by atoms with E-state index in [-0.39, 0.29) is 0 Å². The van der Waals surface area contributed by atoms with Gasteiger partial charge in [-0.1, -0.05) is 66.4 Å². The number of tetrazole rings is 1. The van der Waals surface area contributed by atoms with Crippen LogP contribution in [0.2, 0.25) is 0 Å². The van der Waals surface area contributed by atoms with Gasteiger partial charge in [-0.2, -0.15) is 4.68 Å². The molecule has 1 N–H and O–H groups in total. The van der Waals surface area contributed by atoms with E-state index in [1.807, 2.05) is 61.5 Å². The second kappa shape index (κ2) is 12.8. The minimum atomic E-state index is 0.518. The Hall–Kier alpha value is -3.36. The molecule has 0 atom stereocenters. The van der Waals surface area contributed by atoms with Gasteiger partial charge in [-0.05, 0) is 65.7 Å². The zero-order valence-corrected chi connectivity index (χ0v) is 20.1. The Labute approximate surface area is 204 Å². The molecule has 0 bridgehead atoms. The molecule has 0 radical (unpaired) electrons. The quantitative estimate of drug-likeness (QED) is 0.217. The molecule has 0 saturated carbocycles. The van der Waals surface area contributed by atoms with Crippen LogP contribution in [-0.4, -0.2) is 39.1 Å². The number of nitrogens with one attached hydrogen (secondary N) is 1. The van der Waals surface area contributed by atoms with Crippen molar-refractivity contribution in [2.45, 2.75) is 31.7 Å². The molecule has 0 aliphatic carbocycles. The Morgan fingerprint density at radius 1 is 0.882 bits per heavy atom. The summed E-state index contributed by atoms with van der Waals surface area (Å²) < 4.78 is 13.6. The van der Waals surface area contributed by atoms with Gasteiger partial charge in [0.1, 0.15) is 6.61 Å². The first kappa shape index (κ1) is 23.8. The Kier molecular flexibility index (Phi) is 8.93. The molecular formula is C26H29N5O2S. The van der Waals surface area contributed by atoms with Gasteiger partial charge in [0.05, 0.1) is 12.3 Å². The van der Waals surface area contributed by atoms with Crippen molar-refractivity contribution in [3.63, 3.8) is 0 Å². The number of benzene rings is 3. The Morgan fingerprint density at radius 3 is 2.47 bits per heavy atom. The highest BCUT2D eigenvalue weighted by molar-refractivity contribution is 7.99. The number of nitrogens with zero attached hydrogens (tertiary/aromatic N) is 4. The third-order valence-corrected chi connectivity index (χ3v) is 6.05. The number of para-hydroxylation sites is 1. The van der Waals surface area contributed by atoms with Crippen molar-refractivity contribution in [1.82, 2.24) is 25.5 Å². The molecule has 4 rings (SSSR count). The molecule has 0 aliphatic heterocycles. The zero-order valence-electron chi connectivity index (χ0n) is 19.3. The van der Waals surface area contributed by atoms with Gasteiger partial charge in [0.2, 0.25) is 5.16 Å². The molecule has 8 heteroatoms. The van der Waals surface area contributed by atoms with Crippen molar-refractivity contribution in [2.75, 3.05) is 18.9 Å². The molecule has 0 spiro atoms. The van der Waals surface area contributed by atoms with Crippen LogP contribution >= 0.6 is 11.8 Å². The molecule has 0 fully saturated rings. The van der Waals surface area contributed by atoms with Crippen LogP contribution in [0, 0.1) is 0 Å². The van der Waals surface area contributed by atoms with Crippen LogP contribution in [0.3, 0.4) is 0 Å². The smallest absolute Gasteiger partial charge is 0.214 e. The molecule has 0 unspecified atom stereocenters. The highest BCUT2D eigenvalue weighted by Crippen LogP contribution is 2.29. The maximum Gasteiger partial charge on any atom is 0.214 e. The standard InChI is InChI=1S/C26H29N5O2S/c1-2-32-25-18-22(14-15-24(25)33-20-21-10-5-3-6-11-21)19-27-16-9-17-34-26-28-29-30-31(26)23-12-7-4-8-13-23/h3-8,10-15,18,27H,2,9,16-17,19-20H2,1H3. The van der Waals surface area contributed by atoms with Gasteiger partial charge in [0.15, 0.2) is 11.5 Å². The van der Waals surface area contributed by atoms with Gasteiger partial charge >= 0.3 is 0 Å². The van der Waals surface area contributed by atoms with Crippen molar-refractivity contribution in [1.29, 1.82) is 0 Å². The van der Waals surface area contributed by atoms with E-state index in [2.05, 4.69) is 45.1 Å². The number of ether oxygens (including phenoxy) is 2. The Morgan fingerprint density at radius 2 is 1.68 bits per heavy atom. The largest absolute Gasteiger partial charge is 0.490 e. The van der Waals surface area contributed by atoms with Crippen LogP contribution in [0.15, 0.2) is 84.0 Å². The first-order valence-electron chi connectivity index (χ1n) is 11.4. The fourth-order valence-corrected chi connectivity index (χ4v) is 4.21. The molecule has 176 valence electrons.